The zero-order valence-electron chi connectivity index (χ0n) is 15.0. The van der Waals surface area contributed by atoms with E-state index in [0.717, 1.165) is 24.1 Å². The molecule has 1 aliphatic heterocycles. The number of aromatic nitrogens is 2. The average Bonchev–Trinajstić information content (AvgIpc) is 3.40. The molecule has 0 radical (unpaired) electrons. The van der Waals surface area contributed by atoms with Crippen LogP contribution in [0, 0.1) is 5.41 Å². The van der Waals surface area contributed by atoms with Gasteiger partial charge in [0.1, 0.15) is 11.1 Å². The first-order valence-electron chi connectivity index (χ1n) is 9.29. The number of H-pyrrole nitrogens is 1. The zero-order chi connectivity index (χ0) is 19.0. The van der Waals surface area contributed by atoms with Gasteiger partial charge in [-0.15, -0.1) is 0 Å². The third-order valence-corrected chi connectivity index (χ3v) is 5.77. The molecule has 1 aliphatic carbocycles. The van der Waals surface area contributed by atoms with Crippen molar-refractivity contribution in [3.8, 4) is 0 Å². The Morgan fingerprint density at radius 3 is 2.63 bits per heavy atom. The molecular formula is C20H23N3O4. The van der Waals surface area contributed by atoms with E-state index in [9.17, 15) is 19.8 Å². The minimum Gasteiger partial charge on any atom is -0.481 e. The van der Waals surface area contributed by atoms with E-state index in [-0.39, 0.29) is 31.8 Å². The molecule has 2 fully saturated rings. The summed E-state index contributed by atoms with van der Waals surface area (Å²) in [6, 6.07) is 11.1. The Balaban J connectivity index is 1.49. The molecule has 2 atom stereocenters. The van der Waals surface area contributed by atoms with Crippen LogP contribution in [0.15, 0.2) is 36.4 Å². The number of benzene rings is 1. The first kappa shape index (κ1) is 17.7. The molecule has 1 saturated carbocycles. The maximum atomic E-state index is 12.7. The number of carboxylic acid groups (broad SMARTS) is 1. The van der Waals surface area contributed by atoms with Gasteiger partial charge in [-0.1, -0.05) is 30.3 Å². The third-order valence-electron chi connectivity index (χ3n) is 5.77. The first-order chi connectivity index (χ1) is 13.0. The summed E-state index contributed by atoms with van der Waals surface area (Å²) in [6.07, 6.45) is 1.51. The number of aromatic amines is 1. The molecule has 2 aliphatic rings. The molecule has 7 heteroatoms. The number of aliphatic hydroxyl groups excluding tert-OH is 1. The van der Waals surface area contributed by atoms with E-state index in [1.165, 1.54) is 4.90 Å². The van der Waals surface area contributed by atoms with Crippen molar-refractivity contribution in [2.24, 2.45) is 5.41 Å². The number of nitrogens with zero attached hydrogens (tertiary/aromatic N) is 2. The van der Waals surface area contributed by atoms with Gasteiger partial charge in [0.25, 0.3) is 5.91 Å². The van der Waals surface area contributed by atoms with Crippen LogP contribution in [0.4, 0.5) is 0 Å². The fraction of sp³-hybridized carbons (Fsp3) is 0.450. The van der Waals surface area contributed by atoms with Crippen LogP contribution < -0.4 is 0 Å². The van der Waals surface area contributed by atoms with Gasteiger partial charge in [-0.05, 0) is 37.3 Å². The van der Waals surface area contributed by atoms with Gasteiger partial charge >= 0.3 is 5.97 Å². The van der Waals surface area contributed by atoms with E-state index in [4.69, 9.17) is 0 Å². The van der Waals surface area contributed by atoms with Gasteiger partial charge in [0.2, 0.25) is 0 Å². The lowest BCUT2D eigenvalue weighted by molar-refractivity contribution is -0.161. The number of rotatable bonds is 5. The molecule has 0 bridgehead atoms. The predicted octanol–water partition coefficient (Wildman–Crippen LogP) is 1.81. The fourth-order valence-corrected chi connectivity index (χ4v) is 3.86. The minimum absolute atomic E-state index is 0.0103. The molecule has 4 rings (SSSR count). The number of hydrogen-bond donors (Lipinski definition) is 3. The number of aliphatic carboxylic acids is 1. The second kappa shape index (κ2) is 6.81. The largest absolute Gasteiger partial charge is 0.481 e. The van der Waals surface area contributed by atoms with Gasteiger partial charge in [-0.2, -0.15) is 5.10 Å². The van der Waals surface area contributed by atoms with Gasteiger partial charge in [-0.25, -0.2) is 0 Å². The van der Waals surface area contributed by atoms with Crippen molar-refractivity contribution in [2.45, 2.75) is 37.7 Å². The van der Waals surface area contributed by atoms with Crippen LogP contribution in [0.3, 0.4) is 0 Å². The number of likely N-dealkylation sites (tertiary alicyclic amines) is 1. The highest BCUT2D eigenvalue weighted by Crippen LogP contribution is 2.39. The van der Waals surface area contributed by atoms with E-state index in [1.807, 2.05) is 30.3 Å². The predicted molar refractivity (Wildman–Crippen MR) is 97.3 cm³/mol. The Hall–Kier alpha value is -2.67. The SMILES string of the molecule is O=C(c1cc(C2CC2)[nH]n1)N1CC[C@](Cc2ccccc2)(C(=O)O)[C@H](O)C1. The smallest absolute Gasteiger partial charge is 0.312 e. The molecule has 1 aromatic carbocycles. The lowest BCUT2D eigenvalue weighted by Crippen LogP contribution is -2.57. The summed E-state index contributed by atoms with van der Waals surface area (Å²) in [5.74, 6) is -0.825. The summed E-state index contributed by atoms with van der Waals surface area (Å²) >= 11 is 0. The summed E-state index contributed by atoms with van der Waals surface area (Å²) in [5.41, 5.74) is 0.873. The molecule has 1 aromatic heterocycles. The molecule has 3 N–H and O–H groups in total. The van der Waals surface area contributed by atoms with Gasteiger partial charge in [0, 0.05) is 24.7 Å². The molecule has 2 aromatic rings. The second-order valence-electron chi connectivity index (χ2n) is 7.62. The molecule has 0 spiro atoms. The van der Waals surface area contributed by atoms with Crippen molar-refractivity contribution in [1.29, 1.82) is 0 Å². The number of carbonyl (C=O) groups excluding carboxylic acids is 1. The van der Waals surface area contributed by atoms with Gasteiger partial charge in [0.05, 0.1) is 6.10 Å². The van der Waals surface area contributed by atoms with Gasteiger partial charge in [0.15, 0.2) is 0 Å². The number of β-amino-alcohol motifs (C(OH)–C–C–N with tert-alkyl or cyclic N) is 1. The van der Waals surface area contributed by atoms with Crippen LogP contribution in [0.25, 0.3) is 0 Å². The number of piperidine rings is 1. The zero-order valence-corrected chi connectivity index (χ0v) is 15.0. The highest BCUT2D eigenvalue weighted by molar-refractivity contribution is 5.92. The van der Waals surface area contributed by atoms with E-state index < -0.39 is 17.5 Å². The number of carboxylic acids is 1. The lowest BCUT2D eigenvalue weighted by atomic mass is 9.71. The summed E-state index contributed by atoms with van der Waals surface area (Å²) in [6.45, 7) is 0.268. The normalized spacial score (nSPS) is 25.4. The number of carbonyl (C=O) groups is 2. The van der Waals surface area contributed by atoms with Crippen LogP contribution in [0.1, 0.15) is 46.9 Å². The van der Waals surface area contributed by atoms with Crippen LogP contribution in [-0.2, 0) is 11.2 Å². The second-order valence-corrected chi connectivity index (χ2v) is 7.62. The molecule has 0 unspecified atom stereocenters. The molecular weight excluding hydrogens is 346 g/mol. The summed E-state index contributed by atoms with van der Waals surface area (Å²) in [7, 11) is 0. The van der Waals surface area contributed by atoms with Crippen LogP contribution in [0.2, 0.25) is 0 Å². The highest BCUT2D eigenvalue weighted by Gasteiger charge is 2.49. The van der Waals surface area contributed by atoms with E-state index in [2.05, 4.69) is 10.2 Å². The molecule has 27 heavy (non-hydrogen) atoms. The van der Waals surface area contributed by atoms with Gasteiger partial charge in [-0.3, -0.25) is 14.7 Å². The van der Waals surface area contributed by atoms with Crippen molar-refractivity contribution >= 4 is 11.9 Å². The first-order valence-corrected chi connectivity index (χ1v) is 9.29. The molecule has 2 heterocycles. The standard InChI is InChI=1S/C20H23N3O4/c24-17-12-23(18(25)16-10-15(21-22-16)14-6-7-14)9-8-20(17,19(26)27)11-13-4-2-1-3-5-13/h1-5,10,14,17,24H,6-9,11-12H2,(H,21,22)(H,26,27)/t17-,20-/m1/s1. The summed E-state index contributed by atoms with van der Waals surface area (Å²) in [4.78, 5) is 26.3. The lowest BCUT2D eigenvalue weighted by Gasteiger charge is -2.42. The number of amides is 1. The van der Waals surface area contributed by atoms with Crippen molar-refractivity contribution in [1.82, 2.24) is 15.1 Å². The van der Waals surface area contributed by atoms with E-state index in [0.29, 0.717) is 11.6 Å². The van der Waals surface area contributed by atoms with Crippen LogP contribution >= 0.6 is 0 Å². The molecule has 1 saturated heterocycles. The fourth-order valence-electron chi connectivity index (χ4n) is 3.86. The maximum absolute atomic E-state index is 12.7. The van der Waals surface area contributed by atoms with Crippen LogP contribution in [0.5, 0.6) is 0 Å². The van der Waals surface area contributed by atoms with Crippen LogP contribution in [-0.4, -0.2) is 56.4 Å². The Bertz CT molecular complexity index is 846. The molecule has 142 valence electrons. The minimum atomic E-state index is -1.29. The maximum Gasteiger partial charge on any atom is 0.312 e. The van der Waals surface area contributed by atoms with Crippen molar-refractivity contribution < 1.29 is 19.8 Å². The molecule has 7 nitrogen and oxygen atoms in total. The summed E-state index contributed by atoms with van der Waals surface area (Å²) in [5, 5.41) is 27.6. The Labute approximate surface area is 157 Å². The number of hydrogen-bond acceptors (Lipinski definition) is 4. The Morgan fingerprint density at radius 2 is 2.00 bits per heavy atom. The highest BCUT2D eigenvalue weighted by atomic mass is 16.4. The van der Waals surface area contributed by atoms with Gasteiger partial charge < -0.3 is 15.1 Å². The van der Waals surface area contributed by atoms with E-state index in [1.54, 1.807) is 6.07 Å². The topological polar surface area (TPSA) is 107 Å². The quantitative estimate of drug-likeness (QED) is 0.745. The average molecular weight is 369 g/mol. The number of aliphatic hydroxyl groups is 1. The monoisotopic (exact) mass is 369 g/mol. The Kier molecular flexibility index (Phi) is 4.47. The summed E-state index contributed by atoms with van der Waals surface area (Å²) < 4.78 is 0. The molecule has 1 amide bonds. The van der Waals surface area contributed by atoms with E-state index >= 15 is 0 Å². The van der Waals surface area contributed by atoms with Crippen molar-refractivity contribution in [2.75, 3.05) is 13.1 Å². The van der Waals surface area contributed by atoms with Crippen molar-refractivity contribution in [3.63, 3.8) is 0 Å². The van der Waals surface area contributed by atoms with Crippen molar-refractivity contribution in [3.05, 3.63) is 53.3 Å². The third kappa shape index (κ3) is 3.35. The number of nitrogens with one attached hydrogen (secondary N) is 1. The Morgan fingerprint density at radius 1 is 1.26 bits per heavy atom.